The summed E-state index contributed by atoms with van der Waals surface area (Å²) >= 11 is 0. The first-order chi connectivity index (χ1) is 14.4. The number of cyclic esters (lactones) is 1. The van der Waals surface area contributed by atoms with Gasteiger partial charge in [0.1, 0.15) is 6.10 Å². The normalized spacial score (nSPS) is 20.2. The van der Waals surface area contributed by atoms with Crippen LogP contribution in [0.1, 0.15) is 46.0 Å². The summed E-state index contributed by atoms with van der Waals surface area (Å²) in [6.07, 6.45) is -2.67. The fourth-order valence-electron chi connectivity index (χ4n) is 4.16. The van der Waals surface area contributed by atoms with Crippen molar-refractivity contribution < 1.29 is 22.7 Å². The maximum Gasteiger partial charge on any atom is 0.416 e. The van der Waals surface area contributed by atoms with Gasteiger partial charge >= 0.3 is 12.1 Å². The molecule has 0 bridgehead atoms. The van der Waals surface area contributed by atoms with E-state index >= 15 is 0 Å². The predicted octanol–water partition coefficient (Wildman–Crippen LogP) is 4.51. The molecular formula is C23H25F3N2O2. The van der Waals surface area contributed by atoms with Crippen LogP contribution in [0.2, 0.25) is 0 Å². The van der Waals surface area contributed by atoms with Gasteiger partial charge in [0, 0.05) is 38.3 Å². The van der Waals surface area contributed by atoms with E-state index in [1.807, 2.05) is 24.3 Å². The van der Waals surface area contributed by atoms with Crippen LogP contribution in [0.4, 0.5) is 13.2 Å². The van der Waals surface area contributed by atoms with Crippen LogP contribution >= 0.6 is 0 Å². The van der Waals surface area contributed by atoms with Gasteiger partial charge in [-0.05, 0) is 43.1 Å². The van der Waals surface area contributed by atoms with Crippen LogP contribution in [0.15, 0.2) is 48.5 Å². The molecule has 4 rings (SSSR count). The zero-order valence-electron chi connectivity index (χ0n) is 16.7. The number of fused-ring (bicyclic) bond motifs is 1. The standard InChI is InChI=1S/C23H25F3N2O2/c24-23(25,26)18-9-7-17(8-10-18)16-28-14-12-27(13-15-28)11-3-6-21-19-4-1-2-5-20(19)22(29)30-21/h1-2,4-5,7-10,21H,3,6,11-16H2. The average molecular weight is 418 g/mol. The number of piperazine rings is 1. The van der Waals surface area contributed by atoms with Crippen LogP contribution in [0.3, 0.4) is 0 Å². The lowest BCUT2D eigenvalue weighted by Gasteiger charge is -2.34. The fourth-order valence-corrected chi connectivity index (χ4v) is 4.16. The molecule has 0 aromatic heterocycles. The van der Waals surface area contributed by atoms with E-state index in [0.717, 1.165) is 68.8 Å². The van der Waals surface area contributed by atoms with Crippen molar-refractivity contribution in [1.29, 1.82) is 0 Å². The molecule has 0 N–H and O–H groups in total. The molecule has 7 heteroatoms. The molecule has 2 aromatic rings. The van der Waals surface area contributed by atoms with Gasteiger partial charge in [-0.25, -0.2) is 4.79 Å². The number of hydrogen-bond acceptors (Lipinski definition) is 4. The van der Waals surface area contributed by atoms with Gasteiger partial charge in [-0.2, -0.15) is 13.2 Å². The minimum Gasteiger partial charge on any atom is -0.454 e. The molecule has 160 valence electrons. The zero-order chi connectivity index (χ0) is 21.1. The monoisotopic (exact) mass is 418 g/mol. The molecule has 0 radical (unpaired) electrons. The highest BCUT2D eigenvalue weighted by atomic mass is 19.4. The second-order valence-electron chi connectivity index (χ2n) is 7.94. The predicted molar refractivity (Wildman–Crippen MR) is 107 cm³/mol. The van der Waals surface area contributed by atoms with E-state index in [1.165, 1.54) is 0 Å². The lowest BCUT2D eigenvalue weighted by Crippen LogP contribution is -2.46. The van der Waals surface area contributed by atoms with Crippen LogP contribution in [0.5, 0.6) is 0 Å². The van der Waals surface area contributed by atoms with Crippen molar-refractivity contribution >= 4 is 5.97 Å². The molecule has 1 atom stereocenters. The second kappa shape index (κ2) is 8.78. The Hall–Kier alpha value is -2.38. The number of carbonyl (C=O) groups excluding carboxylic acids is 1. The number of alkyl halides is 3. The van der Waals surface area contributed by atoms with E-state index in [0.29, 0.717) is 12.1 Å². The van der Waals surface area contributed by atoms with Gasteiger partial charge in [-0.15, -0.1) is 0 Å². The summed E-state index contributed by atoms with van der Waals surface area (Å²) in [7, 11) is 0. The fraction of sp³-hybridized carbons (Fsp3) is 0.435. The molecule has 2 aliphatic rings. The number of esters is 1. The van der Waals surface area contributed by atoms with Gasteiger partial charge in [0.2, 0.25) is 0 Å². The minimum atomic E-state index is -4.29. The first-order valence-corrected chi connectivity index (χ1v) is 10.3. The highest BCUT2D eigenvalue weighted by Crippen LogP contribution is 2.33. The molecule has 2 aliphatic heterocycles. The number of carbonyl (C=O) groups is 1. The molecule has 4 nitrogen and oxygen atoms in total. The Morgan fingerprint density at radius 2 is 1.60 bits per heavy atom. The Morgan fingerprint density at radius 3 is 2.30 bits per heavy atom. The SMILES string of the molecule is O=C1OC(CCCN2CCN(Cc3ccc(C(F)(F)F)cc3)CC2)c2ccccc21. The van der Waals surface area contributed by atoms with E-state index in [1.54, 1.807) is 12.1 Å². The number of benzene rings is 2. The van der Waals surface area contributed by atoms with Crippen molar-refractivity contribution in [3.8, 4) is 0 Å². The summed E-state index contributed by atoms with van der Waals surface area (Å²) in [5.74, 6) is -0.229. The number of nitrogens with zero attached hydrogens (tertiary/aromatic N) is 2. The summed E-state index contributed by atoms with van der Waals surface area (Å²) in [6.45, 7) is 5.26. The maximum atomic E-state index is 12.7. The van der Waals surface area contributed by atoms with Crippen molar-refractivity contribution in [2.24, 2.45) is 0 Å². The first kappa shape index (κ1) is 20.9. The Labute approximate surface area is 174 Å². The van der Waals surface area contributed by atoms with Crippen LogP contribution in [-0.2, 0) is 17.5 Å². The zero-order valence-corrected chi connectivity index (χ0v) is 16.7. The summed E-state index contributed by atoms with van der Waals surface area (Å²) in [4.78, 5) is 16.6. The van der Waals surface area contributed by atoms with E-state index in [-0.39, 0.29) is 12.1 Å². The molecule has 1 unspecified atom stereocenters. The van der Waals surface area contributed by atoms with Crippen LogP contribution in [-0.4, -0.2) is 48.5 Å². The first-order valence-electron chi connectivity index (χ1n) is 10.3. The Balaban J connectivity index is 1.19. The Kier molecular flexibility index (Phi) is 6.11. The van der Waals surface area contributed by atoms with Gasteiger partial charge in [-0.1, -0.05) is 30.3 Å². The topological polar surface area (TPSA) is 32.8 Å². The number of halogens is 3. The summed E-state index contributed by atoms with van der Waals surface area (Å²) in [5, 5.41) is 0. The number of ether oxygens (including phenoxy) is 1. The van der Waals surface area contributed by atoms with Crippen molar-refractivity contribution in [2.45, 2.75) is 31.7 Å². The summed E-state index contributed by atoms with van der Waals surface area (Å²) in [6, 6.07) is 13.0. The largest absolute Gasteiger partial charge is 0.454 e. The van der Waals surface area contributed by atoms with Gasteiger partial charge in [0.25, 0.3) is 0 Å². The smallest absolute Gasteiger partial charge is 0.416 e. The maximum absolute atomic E-state index is 12.7. The molecule has 0 saturated carbocycles. The molecule has 2 heterocycles. The van der Waals surface area contributed by atoms with Crippen molar-refractivity contribution in [3.63, 3.8) is 0 Å². The van der Waals surface area contributed by atoms with Crippen LogP contribution in [0.25, 0.3) is 0 Å². The minimum absolute atomic E-state index is 0.144. The second-order valence-corrected chi connectivity index (χ2v) is 7.94. The van der Waals surface area contributed by atoms with Crippen LogP contribution in [0, 0.1) is 0 Å². The van der Waals surface area contributed by atoms with Gasteiger partial charge in [0.05, 0.1) is 11.1 Å². The third-order valence-electron chi connectivity index (χ3n) is 5.87. The third-order valence-corrected chi connectivity index (χ3v) is 5.87. The molecule has 2 aromatic carbocycles. The summed E-state index contributed by atoms with van der Waals surface area (Å²) < 4.78 is 43.5. The highest BCUT2D eigenvalue weighted by molar-refractivity contribution is 5.93. The molecule has 1 fully saturated rings. The van der Waals surface area contributed by atoms with E-state index < -0.39 is 11.7 Å². The lowest BCUT2D eigenvalue weighted by atomic mass is 10.0. The molecule has 30 heavy (non-hydrogen) atoms. The van der Waals surface area contributed by atoms with Gasteiger partial charge in [0.15, 0.2) is 0 Å². The Morgan fingerprint density at radius 1 is 0.933 bits per heavy atom. The van der Waals surface area contributed by atoms with Gasteiger partial charge in [-0.3, -0.25) is 4.90 Å². The van der Waals surface area contributed by atoms with E-state index in [4.69, 9.17) is 4.74 Å². The summed E-state index contributed by atoms with van der Waals surface area (Å²) in [5.41, 5.74) is 1.97. The molecule has 0 amide bonds. The van der Waals surface area contributed by atoms with Crippen molar-refractivity contribution in [1.82, 2.24) is 9.80 Å². The molecule has 0 aliphatic carbocycles. The number of rotatable bonds is 6. The molecule has 0 spiro atoms. The van der Waals surface area contributed by atoms with Gasteiger partial charge < -0.3 is 9.64 Å². The van der Waals surface area contributed by atoms with Crippen LogP contribution < -0.4 is 0 Å². The van der Waals surface area contributed by atoms with Crippen molar-refractivity contribution in [3.05, 3.63) is 70.8 Å². The highest BCUT2D eigenvalue weighted by Gasteiger charge is 2.31. The third kappa shape index (κ3) is 4.84. The van der Waals surface area contributed by atoms with E-state index in [2.05, 4.69) is 9.80 Å². The Bertz CT molecular complexity index is 875. The quantitative estimate of drug-likeness (QED) is 0.646. The van der Waals surface area contributed by atoms with E-state index in [9.17, 15) is 18.0 Å². The van der Waals surface area contributed by atoms with Crippen molar-refractivity contribution in [2.75, 3.05) is 32.7 Å². The number of hydrogen-bond donors (Lipinski definition) is 0. The average Bonchev–Trinajstić information content (AvgIpc) is 3.05. The molecule has 1 saturated heterocycles. The molecular weight excluding hydrogens is 393 g/mol. The lowest BCUT2D eigenvalue weighted by molar-refractivity contribution is -0.137.